The predicted octanol–water partition coefficient (Wildman–Crippen LogP) is 3.60. The van der Waals surface area contributed by atoms with Gasteiger partial charge < -0.3 is 9.64 Å². The minimum Gasteiger partial charge on any atom is -0.484 e. The number of likely N-dealkylation sites (N-methyl/N-ethyl adjacent to an activating group) is 1. The summed E-state index contributed by atoms with van der Waals surface area (Å²) in [6.07, 6.45) is 3.50. The van der Waals surface area contributed by atoms with Crippen molar-refractivity contribution >= 4 is 5.91 Å². The minimum absolute atomic E-state index is 0.0249. The molecule has 0 atom stereocenters. The smallest absolute Gasteiger partial charge is 0.260 e. The molecule has 0 radical (unpaired) electrons. The molecule has 2 aromatic carbocycles. The largest absolute Gasteiger partial charge is 0.484 e. The van der Waals surface area contributed by atoms with Crippen molar-refractivity contribution < 1.29 is 9.53 Å². The molecule has 0 aliphatic heterocycles. The highest BCUT2D eigenvalue weighted by Gasteiger charge is 2.15. The Balaban J connectivity index is 1.57. The van der Waals surface area contributed by atoms with Crippen molar-refractivity contribution in [2.45, 2.75) is 32.7 Å². The third-order valence-electron chi connectivity index (χ3n) is 4.38. The van der Waals surface area contributed by atoms with Crippen molar-refractivity contribution in [2.75, 3.05) is 13.2 Å². The number of amides is 1. The quantitative estimate of drug-likeness (QED) is 0.816. The molecule has 2 aromatic rings. The van der Waals surface area contributed by atoms with E-state index in [1.54, 1.807) is 0 Å². The third kappa shape index (κ3) is 3.92. The summed E-state index contributed by atoms with van der Waals surface area (Å²) in [6, 6.07) is 16.2. The van der Waals surface area contributed by atoms with Crippen molar-refractivity contribution in [1.82, 2.24) is 4.90 Å². The summed E-state index contributed by atoms with van der Waals surface area (Å²) in [4.78, 5) is 14.2. The highest BCUT2D eigenvalue weighted by molar-refractivity contribution is 5.77. The highest BCUT2D eigenvalue weighted by Crippen LogP contribution is 2.26. The van der Waals surface area contributed by atoms with Crippen LogP contribution in [0.25, 0.3) is 0 Å². The molecule has 1 aliphatic carbocycles. The van der Waals surface area contributed by atoms with Gasteiger partial charge in [-0.1, -0.05) is 36.4 Å². The lowest BCUT2D eigenvalue weighted by atomic mass is 10.1. The highest BCUT2D eigenvalue weighted by atomic mass is 16.5. The number of aryl methyl sites for hydroxylation is 2. The Kier molecular flexibility index (Phi) is 4.96. The lowest BCUT2D eigenvalue weighted by Crippen LogP contribution is -2.34. The Labute approximate surface area is 137 Å². The average Bonchev–Trinajstić information content (AvgIpc) is 3.06. The van der Waals surface area contributed by atoms with Crippen molar-refractivity contribution in [3.05, 3.63) is 65.2 Å². The number of carbonyl (C=O) groups is 1. The van der Waals surface area contributed by atoms with Gasteiger partial charge in [0, 0.05) is 13.1 Å². The van der Waals surface area contributed by atoms with E-state index in [2.05, 4.69) is 12.1 Å². The molecule has 0 saturated carbocycles. The number of benzene rings is 2. The van der Waals surface area contributed by atoms with Crippen LogP contribution in [0.5, 0.6) is 5.75 Å². The molecule has 0 aromatic heterocycles. The summed E-state index contributed by atoms with van der Waals surface area (Å²) in [5, 5.41) is 0. The Morgan fingerprint density at radius 2 is 1.87 bits per heavy atom. The van der Waals surface area contributed by atoms with Gasteiger partial charge in [-0.15, -0.1) is 0 Å². The molecular formula is C20H23NO2. The molecule has 0 saturated heterocycles. The van der Waals surface area contributed by atoms with Gasteiger partial charge in [-0.3, -0.25) is 4.79 Å². The van der Waals surface area contributed by atoms with Crippen LogP contribution in [-0.2, 0) is 24.2 Å². The lowest BCUT2D eigenvalue weighted by molar-refractivity contribution is -0.133. The monoisotopic (exact) mass is 309 g/mol. The van der Waals surface area contributed by atoms with Crippen LogP contribution in [0.4, 0.5) is 0 Å². The van der Waals surface area contributed by atoms with E-state index in [4.69, 9.17) is 4.74 Å². The second-order valence-electron chi connectivity index (χ2n) is 5.97. The van der Waals surface area contributed by atoms with Gasteiger partial charge in [0.2, 0.25) is 0 Å². The van der Waals surface area contributed by atoms with E-state index in [0.29, 0.717) is 13.1 Å². The molecule has 0 heterocycles. The van der Waals surface area contributed by atoms with E-state index in [1.165, 1.54) is 17.5 Å². The molecule has 1 amide bonds. The van der Waals surface area contributed by atoms with Gasteiger partial charge >= 0.3 is 0 Å². The number of rotatable bonds is 6. The lowest BCUT2D eigenvalue weighted by Gasteiger charge is -2.21. The van der Waals surface area contributed by atoms with Crippen LogP contribution >= 0.6 is 0 Å². The van der Waals surface area contributed by atoms with E-state index in [9.17, 15) is 4.79 Å². The zero-order valence-corrected chi connectivity index (χ0v) is 13.6. The molecule has 3 heteroatoms. The number of carbonyl (C=O) groups excluding carboxylic acids is 1. The van der Waals surface area contributed by atoms with Crippen LogP contribution in [0.3, 0.4) is 0 Å². The van der Waals surface area contributed by atoms with Crippen LogP contribution in [0.2, 0.25) is 0 Å². The maximum absolute atomic E-state index is 12.4. The fourth-order valence-electron chi connectivity index (χ4n) is 3.05. The Morgan fingerprint density at radius 1 is 1.09 bits per heavy atom. The number of hydrogen-bond acceptors (Lipinski definition) is 2. The molecule has 1 aliphatic rings. The molecule has 120 valence electrons. The standard InChI is InChI=1S/C20H23NO2/c1-2-21(14-16-7-4-3-5-8-16)20(22)15-23-19-12-11-17-9-6-10-18(17)13-19/h3-5,7-8,11-13H,2,6,9-10,14-15H2,1H3. The summed E-state index contributed by atoms with van der Waals surface area (Å²) < 4.78 is 5.72. The number of nitrogens with zero attached hydrogens (tertiary/aromatic N) is 1. The van der Waals surface area contributed by atoms with Crippen LogP contribution in [0.15, 0.2) is 48.5 Å². The first-order valence-corrected chi connectivity index (χ1v) is 8.32. The van der Waals surface area contributed by atoms with Gasteiger partial charge in [0.25, 0.3) is 5.91 Å². The molecule has 0 spiro atoms. The Bertz CT molecular complexity index is 667. The third-order valence-corrected chi connectivity index (χ3v) is 4.38. The van der Waals surface area contributed by atoms with Crippen LogP contribution in [-0.4, -0.2) is 24.0 Å². The number of hydrogen-bond donors (Lipinski definition) is 0. The van der Waals surface area contributed by atoms with Gasteiger partial charge in [0.1, 0.15) is 5.75 Å². The van der Waals surface area contributed by atoms with E-state index < -0.39 is 0 Å². The first-order chi connectivity index (χ1) is 11.3. The van der Waals surface area contributed by atoms with Crippen molar-refractivity contribution in [1.29, 1.82) is 0 Å². The van der Waals surface area contributed by atoms with Gasteiger partial charge in [-0.25, -0.2) is 0 Å². The van der Waals surface area contributed by atoms with E-state index in [0.717, 1.165) is 24.2 Å². The predicted molar refractivity (Wildman–Crippen MR) is 91.5 cm³/mol. The molecular weight excluding hydrogens is 286 g/mol. The molecule has 0 unspecified atom stereocenters. The fraction of sp³-hybridized carbons (Fsp3) is 0.350. The van der Waals surface area contributed by atoms with Gasteiger partial charge in [-0.05, 0) is 55.0 Å². The Hall–Kier alpha value is -2.29. The molecule has 23 heavy (non-hydrogen) atoms. The van der Waals surface area contributed by atoms with Crippen LogP contribution < -0.4 is 4.74 Å². The SMILES string of the molecule is CCN(Cc1ccccc1)C(=O)COc1ccc2c(c1)CCC2. The fourth-order valence-corrected chi connectivity index (χ4v) is 3.05. The molecule has 0 bridgehead atoms. The number of fused-ring (bicyclic) bond motifs is 1. The topological polar surface area (TPSA) is 29.5 Å². The maximum atomic E-state index is 12.4. The maximum Gasteiger partial charge on any atom is 0.260 e. The first-order valence-electron chi connectivity index (χ1n) is 8.32. The van der Waals surface area contributed by atoms with E-state index in [-0.39, 0.29) is 12.5 Å². The van der Waals surface area contributed by atoms with Crippen molar-refractivity contribution in [3.8, 4) is 5.75 Å². The summed E-state index contributed by atoms with van der Waals surface area (Å²) in [5.74, 6) is 0.826. The minimum atomic E-state index is 0.0249. The molecule has 0 fully saturated rings. The average molecular weight is 309 g/mol. The second kappa shape index (κ2) is 7.32. The summed E-state index contributed by atoms with van der Waals surface area (Å²) >= 11 is 0. The summed E-state index contributed by atoms with van der Waals surface area (Å²) in [7, 11) is 0. The van der Waals surface area contributed by atoms with Gasteiger partial charge in [0.15, 0.2) is 6.61 Å². The van der Waals surface area contributed by atoms with E-state index >= 15 is 0 Å². The van der Waals surface area contributed by atoms with Gasteiger partial charge in [-0.2, -0.15) is 0 Å². The summed E-state index contributed by atoms with van der Waals surface area (Å²) in [6.45, 7) is 3.40. The summed E-state index contributed by atoms with van der Waals surface area (Å²) in [5.41, 5.74) is 3.93. The molecule has 0 N–H and O–H groups in total. The second-order valence-corrected chi connectivity index (χ2v) is 5.97. The zero-order chi connectivity index (χ0) is 16.1. The molecule has 3 rings (SSSR count). The first kappa shape index (κ1) is 15.6. The van der Waals surface area contributed by atoms with Crippen LogP contribution in [0.1, 0.15) is 30.0 Å². The van der Waals surface area contributed by atoms with Crippen molar-refractivity contribution in [2.24, 2.45) is 0 Å². The van der Waals surface area contributed by atoms with Gasteiger partial charge in [0.05, 0.1) is 0 Å². The van der Waals surface area contributed by atoms with Crippen LogP contribution in [0, 0.1) is 0 Å². The Morgan fingerprint density at radius 3 is 2.65 bits per heavy atom. The zero-order valence-electron chi connectivity index (χ0n) is 13.6. The van der Waals surface area contributed by atoms with Crippen molar-refractivity contribution in [3.63, 3.8) is 0 Å². The molecule has 3 nitrogen and oxygen atoms in total. The normalized spacial score (nSPS) is 12.7. The number of ether oxygens (including phenoxy) is 1. The van der Waals surface area contributed by atoms with E-state index in [1.807, 2.05) is 48.2 Å².